The van der Waals surface area contributed by atoms with Crippen LogP contribution >= 0.6 is 0 Å². The molecule has 100 valence electrons. The van der Waals surface area contributed by atoms with Crippen LogP contribution in [-0.2, 0) is 16.1 Å². The van der Waals surface area contributed by atoms with E-state index in [1.165, 1.54) is 4.90 Å². The molecule has 18 heavy (non-hydrogen) atoms. The Labute approximate surface area is 107 Å². The number of carbonyl (C=O) groups is 1. The van der Waals surface area contributed by atoms with E-state index >= 15 is 0 Å². The van der Waals surface area contributed by atoms with E-state index in [1.54, 1.807) is 7.05 Å². The lowest BCUT2D eigenvalue weighted by molar-refractivity contribution is -0.130. The molecule has 1 aromatic rings. The highest BCUT2D eigenvalue weighted by atomic mass is 16.5. The number of amides is 1. The lowest BCUT2D eigenvalue weighted by atomic mass is 10.2. The molecule has 5 nitrogen and oxygen atoms in total. The third kappa shape index (κ3) is 5.27. The Morgan fingerprint density at radius 1 is 1.44 bits per heavy atom. The topological polar surface area (TPSA) is 75.8 Å². The largest absolute Gasteiger partial charge is 0.389 e. The Balaban J connectivity index is 2.21. The number of rotatable bonds is 7. The standard InChI is InChI=1S/C13H20N2O3/c1-15(13(17)7-14)8-12(16)10-18-9-11-5-3-2-4-6-11/h2-6,12,16H,7-10,14H2,1H3. The number of hydrogen-bond acceptors (Lipinski definition) is 4. The molecule has 0 fully saturated rings. The molecule has 0 bridgehead atoms. The SMILES string of the molecule is CN(CC(O)COCc1ccccc1)C(=O)CN. The molecule has 0 aromatic heterocycles. The number of hydrogen-bond donors (Lipinski definition) is 2. The van der Waals surface area contributed by atoms with Crippen LogP contribution < -0.4 is 5.73 Å². The van der Waals surface area contributed by atoms with Crippen LogP contribution in [-0.4, -0.2) is 48.8 Å². The molecule has 0 saturated heterocycles. The molecule has 3 N–H and O–H groups in total. The normalized spacial score (nSPS) is 12.2. The summed E-state index contributed by atoms with van der Waals surface area (Å²) in [5.41, 5.74) is 6.27. The van der Waals surface area contributed by atoms with Crippen molar-refractivity contribution < 1.29 is 14.6 Å². The van der Waals surface area contributed by atoms with Crippen LogP contribution in [0.25, 0.3) is 0 Å². The summed E-state index contributed by atoms with van der Waals surface area (Å²) in [6.45, 7) is 0.822. The van der Waals surface area contributed by atoms with Gasteiger partial charge in [0.15, 0.2) is 0 Å². The lowest BCUT2D eigenvalue weighted by Crippen LogP contribution is -2.39. The predicted octanol–water partition coefficient (Wildman–Crippen LogP) is -0.0188. The average molecular weight is 252 g/mol. The van der Waals surface area contributed by atoms with Crippen molar-refractivity contribution in [3.63, 3.8) is 0 Å². The number of benzene rings is 1. The first-order valence-corrected chi connectivity index (χ1v) is 5.87. The van der Waals surface area contributed by atoms with Crippen molar-refractivity contribution in [2.24, 2.45) is 5.73 Å². The monoisotopic (exact) mass is 252 g/mol. The third-order valence-electron chi connectivity index (χ3n) is 2.51. The number of ether oxygens (including phenoxy) is 1. The summed E-state index contributed by atoms with van der Waals surface area (Å²) in [6.07, 6.45) is -0.700. The highest BCUT2D eigenvalue weighted by Crippen LogP contribution is 2.01. The van der Waals surface area contributed by atoms with Gasteiger partial charge in [0.25, 0.3) is 0 Å². The van der Waals surface area contributed by atoms with Crippen LogP contribution in [0.2, 0.25) is 0 Å². The van der Waals surface area contributed by atoms with Crippen LogP contribution in [0.4, 0.5) is 0 Å². The molecule has 1 amide bonds. The second-order valence-electron chi connectivity index (χ2n) is 4.13. The maximum Gasteiger partial charge on any atom is 0.236 e. The van der Waals surface area contributed by atoms with Gasteiger partial charge in [-0.15, -0.1) is 0 Å². The van der Waals surface area contributed by atoms with Crippen molar-refractivity contribution in [1.29, 1.82) is 0 Å². The van der Waals surface area contributed by atoms with E-state index in [-0.39, 0.29) is 25.6 Å². The smallest absolute Gasteiger partial charge is 0.236 e. The molecule has 0 heterocycles. The van der Waals surface area contributed by atoms with Gasteiger partial charge in [0, 0.05) is 13.6 Å². The van der Waals surface area contributed by atoms with Crippen molar-refractivity contribution >= 4 is 5.91 Å². The van der Waals surface area contributed by atoms with E-state index < -0.39 is 6.10 Å². The van der Waals surface area contributed by atoms with Crippen LogP contribution in [0, 0.1) is 0 Å². The maximum absolute atomic E-state index is 11.2. The first-order valence-electron chi connectivity index (χ1n) is 5.87. The van der Waals surface area contributed by atoms with Gasteiger partial charge in [-0.1, -0.05) is 30.3 Å². The quantitative estimate of drug-likeness (QED) is 0.715. The van der Waals surface area contributed by atoms with Crippen LogP contribution in [0.3, 0.4) is 0 Å². The molecular formula is C13H20N2O3. The fraction of sp³-hybridized carbons (Fsp3) is 0.462. The molecule has 1 rings (SSSR count). The molecule has 0 aliphatic carbocycles. The summed E-state index contributed by atoms with van der Waals surface area (Å²) >= 11 is 0. The Morgan fingerprint density at radius 3 is 2.72 bits per heavy atom. The second kappa shape index (κ2) is 7.81. The third-order valence-corrected chi connectivity index (χ3v) is 2.51. The number of aliphatic hydroxyl groups excluding tert-OH is 1. The van der Waals surface area contributed by atoms with Gasteiger partial charge in [-0.2, -0.15) is 0 Å². The fourth-order valence-corrected chi connectivity index (χ4v) is 1.51. The van der Waals surface area contributed by atoms with Gasteiger partial charge in [-0.25, -0.2) is 0 Å². The molecule has 0 saturated carbocycles. The Bertz CT molecular complexity index is 357. The molecule has 1 unspecified atom stereocenters. The van der Waals surface area contributed by atoms with E-state index in [0.717, 1.165) is 5.56 Å². The molecule has 0 aliphatic rings. The van der Waals surface area contributed by atoms with E-state index in [4.69, 9.17) is 10.5 Å². The zero-order valence-electron chi connectivity index (χ0n) is 10.6. The van der Waals surface area contributed by atoms with Gasteiger partial charge in [-0.3, -0.25) is 4.79 Å². The van der Waals surface area contributed by atoms with Crippen LogP contribution in [0.1, 0.15) is 5.56 Å². The summed E-state index contributed by atoms with van der Waals surface area (Å²) < 4.78 is 5.38. The zero-order chi connectivity index (χ0) is 13.4. The van der Waals surface area contributed by atoms with E-state index in [1.807, 2.05) is 30.3 Å². The minimum atomic E-state index is -0.700. The summed E-state index contributed by atoms with van der Waals surface area (Å²) in [4.78, 5) is 12.6. The van der Waals surface area contributed by atoms with Crippen molar-refractivity contribution in [3.05, 3.63) is 35.9 Å². The second-order valence-corrected chi connectivity index (χ2v) is 4.13. The highest BCUT2D eigenvalue weighted by Gasteiger charge is 2.12. The van der Waals surface area contributed by atoms with Gasteiger partial charge < -0.3 is 20.5 Å². The summed E-state index contributed by atoms with van der Waals surface area (Å²) in [5.74, 6) is -0.197. The van der Waals surface area contributed by atoms with Gasteiger partial charge in [0.1, 0.15) is 0 Å². The predicted molar refractivity (Wildman–Crippen MR) is 68.8 cm³/mol. The summed E-state index contributed by atoms with van der Waals surface area (Å²) in [7, 11) is 1.61. The lowest BCUT2D eigenvalue weighted by Gasteiger charge is -2.20. The Kier molecular flexibility index (Phi) is 6.35. The molecule has 1 atom stereocenters. The van der Waals surface area contributed by atoms with Crippen molar-refractivity contribution in [1.82, 2.24) is 4.90 Å². The van der Waals surface area contributed by atoms with Crippen molar-refractivity contribution in [3.8, 4) is 0 Å². The van der Waals surface area contributed by atoms with Crippen molar-refractivity contribution in [2.75, 3.05) is 26.7 Å². The number of nitrogens with zero attached hydrogens (tertiary/aromatic N) is 1. The number of aliphatic hydroxyl groups is 1. The van der Waals surface area contributed by atoms with Crippen molar-refractivity contribution in [2.45, 2.75) is 12.7 Å². The summed E-state index contributed by atoms with van der Waals surface area (Å²) in [5, 5.41) is 9.68. The molecule has 1 aromatic carbocycles. The average Bonchev–Trinajstić information content (AvgIpc) is 2.38. The first kappa shape index (κ1) is 14.6. The first-order chi connectivity index (χ1) is 8.63. The van der Waals surface area contributed by atoms with Gasteiger partial charge in [0.05, 0.1) is 25.9 Å². The van der Waals surface area contributed by atoms with Crippen LogP contribution in [0.15, 0.2) is 30.3 Å². The molecule has 5 heteroatoms. The van der Waals surface area contributed by atoms with E-state index in [9.17, 15) is 9.90 Å². The Hall–Kier alpha value is -1.43. The minimum Gasteiger partial charge on any atom is -0.389 e. The summed E-state index contributed by atoms with van der Waals surface area (Å²) in [6, 6.07) is 9.71. The molecular weight excluding hydrogens is 232 g/mol. The van der Waals surface area contributed by atoms with Gasteiger partial charge >= 0.3 is 0 Å². The number of nitrogens with two attached hydrogens (primary N) is 1. The maximum atomic E-state index is 11.2. The van der Waals surface area contributed by atoms with E-state index in [2.05, 4.69) is 0 Å². The van der Waals surface area contributed by atoms with E-state index in [0.29, 0.717) is 6.61 Å². The molecule has 0 radical (unpaired) electrons. The number of likely N-dealkylation sites (N-methyl/N-ethyl adjacent to an activating group) is 1. The van der Waals surface area contributed by atoms with Gasteiger partial charge in [-0.05, 0) is 5.56 Å². The zero-order valence-corrected chi connectivity index (χ0v) is 10.6. The van der Waals surface area contributed by atoms with Crippen LogP contribution in [0.5, 0.6) is 0 Å². The van der Waals surface area contributed by atoms with Gasteiger partial charge in [0.2, 0.25) is 5.91 Å². The minimum absolute atomic E-state index is 0.0475. The molecule has 0 spiro atoms. The number of carbonyl (C=O) groups excluding carboxylic acids is 1. The fourth-order valence-electron chi connectivity index (χ4n) is 1.51. The highest BCUT2D eigenvalue weighted by molar-refractivity contribution is 5.77. The molecule has 0 aliphatic heterocycles. The Morgan fingerprint density at radius 2 is 2.11 bits per heavy atom.